The number of carbonyl (C=O) groups excluding carboxylic acids is 1. The molecule has 2 aromatic carbocycles. The van der Waals surface area contributed by atoms with Gasteiger partial charge < -0.3 is 10.1 Å². The van der Waals surface area contributed by atoms with E-state index in [0.717, 1.165) is 17.5 Å². The molecule has 0 aliphatic heterocycles. The van der Waals surface area contributed by atoms with Crippen LogP contribution in [0.5, 0.6) is 5.75 Å². The molecular formula is C19H19ClN4O2. The zero-order valence-electron chi connectivity index (χ0n) is 14.4. The number of nitrogens with one attached hydrogen (secondary N) is 1. The van der Waals surface area contributed by atoms with E-state index >= 15 is 0 Å². The second kappa shape index (κ2) is 8.49. The maximum Gasteiger partial charge on any atom is 0.257 e. The molecule has 1 N–H and O–H groups in total. The molecule has 1 amide bonds. The van der Waals surface area contributed by atoms with Crippen LogP contribution in [-0.2, 0) is 18.3 Å². The Kier molecular flexibility index (Phi) is 5.86. The summed E-state index contributed by atoms with van der Waals surface area (Å²) in [6, 6.07) is 14.9. The van der Waals surface area contributed by atoms with Gasteiger partial charge in [-0.1, -0.05) is 23.7 Å². The van der Waals surface area contributed by atoms with Gasteiger partial charge in [0.15, 0.2) is 12.4 Å². The molecule has 0 aliphatic carbocycles. The molecule has 3 rings (SSSR count). The third-order valence-corrected chi connectivity index (χ3v) is 3.98. The van der Waals surface area contributed by atoms with Gasteiger partial charge in [0.1, 0.15) is 12.1 Å². The number of halogens is 1. The van der Waals surface area contributed by atoms with E-state index in [9.17, 15) is 4.79 Å². The van der Waals surface area contributed by atoms with Crippen molar-refractivity contribution in [1.29, 1.82) is 0 Å². The predicted octanol–water partition coefficient (Wildman–Crippen LogP) is 2.87. The predicted molar refractivity (Wildman–Crippen MR) is 100 cm³/mol. The molecule has 0 bridgehead atoms. The SMILES string of the molecule is Cn1cnc(-c2ccc(OCC(=O)NCCc3ccc(Cl)cc3)cc2)n1. The number of aryl methyl sites for hydroxylation is 1. The lowest BCUT2D eigenvalue weighted by atomic mass is 10.1. The third kappa shape index (κ3) is 5.07. The minimum atomic E-state index is -0.158. The summed E-state index contributed by atoms with van der Waals surface area (Å²) in [4.78, 5) is 16.1. The van der Waals surface area contributed by atoms with Crippen molar-refractivity contribution < 1.29 is 9.53 Å². The molecule has 6 nitrogen and oxygen atoms in total. The number of carbonyl (C=O) groups is 1. The van der Waals surface area contributed by atoms with Crippen molar-refractivity contribution in [3.05, 3.63) is 65.4 Å². The molecule has 0 unspecified atom stereocenters. The van der Waals surface area contributed by atoms with Crippen molar-refractivity contribution in [2.45, 2.75) is 6.42 Å². The van der Waals surface area contributed by atoms with Crippen molar-refractivity contribution in [3.63, 3.8) is 0 Å². The average Bonchev–Trinajstić information content (AvgIpc) is 3.08. The van der Waals surface area contributed by atoms with Gasteiger partial charge in [0, 0.05) is 24.2 Å². The first-order chi connectivity index (χ1) is 12.6. The van der Waals surface area contributed by atoms with Gasteiger partial charge in [-0.15, -0.1) is 0 Å². The van der Waals surface area contributed by atoms with E-state index in [-0.39, 0.29) is 12.5 Å². The second-order valence-electron chi connectivity index (χ2n) is 5.78. The Bertz CT molecular complexity index is 860. The highest BCUT2D eigenvalue weighted by molar-refractivity contribution is 6.30. The van der Waals surface area contributed by atoms with E-state index < -0.39 is 0 Å². The van der Waals surface area contributed by atoms with Gasteiger partial charge in [-0.3, -0.25) is 9.48 Å². The molecule has 26 heavy (non-hydrogen) atoms. The number of ether oxygens (including phenoxy) is 1. The fourth-order valence-corrected chi connectivity index (χ4v) is 2.50. The van der Waals surface area contributed by atoms with Gasteiger partial charge >= 0.3 is 0 Å². The molecule has 0 spiro atoms. The van der Waals surface area contributed by atoms with Crippen LogP contribution in [0.1, 0.15) is 5.56 Å². The fraction of sp³-hybridized carbons (Fsp3) is 0.211. The van der Waals surface area contributed by atoms with Crippen LogP contribution in [0.4, 0.5) is 0 Å². The van der Waals surface area contributed by atoms with Crippen LogP contribution in [0.25, 0.3) is 11.4 Å². The largest absolute Gasteiger partial charge is 0.484 e. The average molecular weight is 371 g/mol. The molecule has 0 saturated carbocycles. The molecule has 134 valence electrons. The Hall–Kier alpha value is -2.86. The molecule has 7 heteroatoms. The quantitative estimate of drug-likeness (QED) is 0.694. The number of aromatic nitrogens is 3. The van der Waals surface area contributed by atoms with E-state index in [1.165, 1.54) is 0 Å². The van der Waals surface area contributed by atoms with Gasteiger partial charge in [0.25, 0.3) is 5.91 Å². The van der Waals surface area contributed by atoms with Crippen molar-refractivity contribution >= 4 is 17.5 Å². The van der Waals surface area contributed by atoms with Crippen LogP contribution in [0.15, 0.2) is 54.9 Å². The highest BCUT2D eigenvalue weighted by atomic mass is 35.5. The topological polar surface area (TPSA) is 69.0 Å². The Morgan fingerprint density at radius 3 is 2.54 bits per heavy atom. The van der Waals surface area contributed by atoms with Crippen LogP contribution < -0.4 is 10.1 Å². The summed E-state index contributed by atoms with van der Waals surface area (Å²) >= 11 is 5.85. The van der Waals surface area contributed by atoms with E-state index in [1.807, 2.05) is 43.4 Å². The Labute approximate surface area is 156 Å². The standard InChI is InChI=1S/C19H19ClN4O2/c1-24-13-22-19(23-24)15-4-8-17(9-5-15)26-12-18(25)21-11-10-14-2-6-16(20)7-3-14/h2-9,13H,10-12H2,1H3,(H,21,25). The number of hydrogen-bond donors (Lipinski definition) is 1. The van der Waals surface area contributed by atoms with Crippen molar-refractivity contribution in [3.8, 4) is 17.1 Å². The Balaban J connectivity index is 1.42. The molecule has 0 fully saturated rings. The summed E-state index contributed by atoms with van der Waals surface area (Å²) in [6.45, 7) is 0.524. The smallest absolute Gasteiger partial charge is 0.257 e. The lowest BCUT2D eigenvalue weighted by Crippen LogP contribution is -2.30. The molecule has 0 aliphatic rings. The first-order valence-corrected chi connectivity index (χ1v) is 8.58. The second-order valence-corrected chi connectivity index (χ2v) is 6.22. The third-order valence-electron chi connectivity index (χ3n) is 3.73. The first-order valence-electron chi connectivity index (χ1n) is 8.20. The van der Waals surface area contributed by atoms with Crippen molar-refractivity contribution in [2.24, 2.45) is 7.05 Å². The highest BCUT2D eigenvalue weighted by Gasteiger charge is 2.05. The lowest BCUT2D eigenvalue weighted by molar-refractivity contribution is -0.123. The van der Waals surface area contributed by atoms with Gasteiger partial charge in [-0.2, -0.15) is 5.10 Å². The zero-order chi connectivity index (χ0) is 18.4. The molecule has 0 saturated heterocycles. The number of nitrogens with zero attached hydrogens (tertiary/aromatic N) is 3. The van der Waals surface area contributed by atoms with Crippen LogP contribution in [0.3, 0.4) is 0 Å². The molecule has 0 atom stereocenters. The summed E-state index contributed by atoms with van der Waals surface area (Å²) in [7, 11) is 1.82. The first kappa shape index (κ1) is 17.9. The van der Waals surface area contributed by atoms with E-state index in [1.54, 1.807) is 23.1 Å². The van der Waals surface area contributed by atoms with E-state index in [4.69, 9.17) is 16.3 Å². The van der Waals surface area contributed by atoms with Crippen LogP contribution >= 0.6 is 11.6 Å². The molecule has 3 aromatic rings. The fourth-order valence-electron chi connectivity index (χ4n) is 2.37. The van der Waals surface area contributed by atoms with Crippen LogP contribution in [-0.4, -0.2) is 33.8 Å². The molecule has 0 radical (unpaired) electrons. The summed E-state index contributed by atoms with van der Waals surface area (Å²) in [5.74, 6) is 1.12. The summed E-state index contributed by atoms with van der Waals surface area (Å²) in [5, 5.41) is 7.78. The molecule has 1 heterocycles. The highest BCUT2D eigenvalue weighted by Crippen LogP contribution is 2.18. The Morgan fingerprint density at radius 2 is 1.88 bits per heavy atom. The van der Waals surface area contributed by atoms with Crippen LogP contribution in [0.2, 0.25) is 5.02 Å². The van der Waals surface area contributed by atoms with Gasteiger partial charge in [0.2, 0.25) is 0 Å². The number of amides is 1. The van der Waals surface area contributed by atoms with Gasteiger partial charge in [-0.25, -0.2) is 4.98 Å². The summed E-state index contributed by atoms with van der Waals surface area (Å²) < 4.78 is 7.15. The minimum Gasteiger partial charge on any atom is -0.484 e. The van der Waals surface area contributed by atoms with E-state index in [0.29, 0.717) is 23.1 Å². The maximum absolute atomic E-state index is 11.9. The number of rotatable bonds is 7. The summed E-state index contributed by atoms with van der Waals surface area (Å²) in [6.07, 6.45) is 2.39. The zero-order valence-corrected chi connectivity index (χ0v) is 15.1. The lowest BCUT2D eigenvalue weighted by Gasteiger charge is -2.08. The van der Waals surface area contributed by atoms with Crippen molar-refractivity contribution in [2.75, 3.05) is 13.2 Å². The summed E-state index contributed by atoms with van der Waals surface area (Å²) in [5.41, 5.74) is 2.01. The number of benzene rings is 2. The molecular weight excluding hydrogens is 352 g/mol. The normalized spacial score (nSPS) is 10.5. The number of hydrogen-bond acceptors (Lipinski definition) is 4. The van der Waals surface area contributed by atoms with E-state index in [2.05, 4.69) is 15.4 Å². The minimum absolute atomic E-state index is 0.0260. The molecule has 1 aromatic heterocycles. The Morgan fingerprint density at radius 1 is 1.15 bits per heavy atom. The van der Waals surface area contributed by atoms with Gasteiger partial charge in [0.05, 0.1) is 0 Å². The monoisotopic (exact) mass is 370 g/mol. The van der Waals surface area contributed by atoms with Crippen molar-refractivity contribution in [1.82, 2.24) is 20.1 Å². The maximum atomic E-state index is 11.9. The van der Waals surface area contributed by atoms with Gasteiger partial charge in [-0.05, 0) is 48.4 Å². The van der Waals surface area contributed by atoms with Crippen LogP contribution in [0, 0.1) is 0 Å².